The number of nitrogens with one attached hydrogen (secondary N) is 1. The van der Waals surface area contributed by atoms with Crippen LogP contribution in [-0.4, -0.2) is 24.6 Å². The molecule has 2 heterocycles. The fourth-order valence-electron chi connectivity index (χ4n) is 2.45. The van der Waals surface area contributed by atoms with Gasteiger partial charge >= 0.3 is 5.69 Å². The van der Waals surface area contributed by atoms with Crippen LogP contribution in [-0.2, 0) is 25.4 Å². The average Bonchev–Trinajstić information content (AvgIpc) is 2.98. The Bertz CT molecular complexity index is 1110. The van der Waals surface area contributed by atoms with Gasteiger partial charge in [-0.25, -0.2) is 14.2 Å². The summed E-state index contributed by atoms with van der Waals surface area (Å²) >= 11 is 5.67. The van der Waals surface area contributed by atoms with Crippen molar-refractivity contribution in [1.82, 2.24) is 18.7 Å². The maximum Gasteiger partial charge on any atom is 0.332 e. The van der Waals surface area contributed by atoms with Gasteiger partial charge in [0.1, 0.15) is 12.4 Å². The quantitative estimate of drug-likeness (QED) is 0.745. The number of aromatic nitrogens is 4. The zero-order valence-corrected chi connectivity index (χ0v) is 14.0. The summed E-state index contributed by atoms with van der Waals surface area (Å²) in [4.78, 5) is 40.4. The van der Waals surface area contributed by atoms with Crippen molar-refractivity contribution in [3.8, 4) is 0 Å². The molecule has 0 aliphatic rings. The van der Waals surface area contributed by atoms with Gasteiger partial charge in [0.2, 0.25) is 5.91 Å². The van der Waals surface area contributed by atoms with Crippen LogP contribution in [0, 0.1) is 5.82 Å². The summed E-state index contributed by atoms with van der Waals surface area (Å²) in [6.07, 6.45) is 1.31. The first-order valence-corrected chi connectivity index (χ1v) is 7.53. The number of hydrogen-bond donors (Lipinski definition) is 1. The van der Waals surface area contributed by atoms with Crippen LogP contribution in [0.1, 0.15) is 0 Å². The van der Waals surface area contributed by atoms with Crippen LogP contribution in [0.2, 0.25) is 5.02 Å². The molecule has 8 nitrogen and oxygen atoms in total. The number of aryl methyl sites for hydroxylation is 1. The van der Waals surface area contributed by atoms with E-state index in [2.05, 4.69) is 10.3 Å². The van der Waals surface area contributed by atoms with E-state index in [1.165, 1.54) is 41.7 Å². The standard InChI is InChI=1S/C15H13ClFN5O3/c1-20-13-12(14(24)21(2)15(20)25)22(7-18-13)6-11(23)19-8-3-4-10(17)9(16)5-8/h3-5,7H,6H2,1-2H3,(H,19,23). The second kappa shape index (κ2) is 6.17. The molecule has 0 aliphatic heterocycles. The Morgan fingerprint density at radius 1 is 1.28 bits per heavy atom. The van der Waals surface area contributed by atoms with Crippen LogP contribution in [0.25, 0.3) is 11.2 Å². The highest BCUT2D eigenvalue weighted by Crippen LogP contribution is 2.19. The Morgan fingerprint density at radius 2 is 2.00 bits per heavy atom. The van der Waals surface area contributed by atoms with Crippen molar-refractivity contribution in [2.45, 2.75) is 6.54 Å². The van der Waals surface area contributed by atoms with Gasteiger partial charge in [0.05, 0.1) is 11.3 Å². The number of rotatable bonds is 3. The highest BCUT2D eigenvalue weighted by Gasteiger charge is 2.16. The minimum atomic E-state index is -0.593. The average molecular weight is 366 g/mol. The summed E-state index contributed by atoms with van der Waals surface area (Å²) in [5.41, 5.74) is -0.412. The van der Waals surface area contributed by atoms with Gasteiger partial charge in [0, 0.05) is 19.8 Å². The second-order valence-electron chi connectivity index (χ2n) is 5.43. The van der Waals surface area contributed by atoms with Crippen molar-refractivity contribution in [1.29, 1.82) is 0 Å². The summed E-state index contributed by atoms with van der Waals surface area (Å²) in [5.74, 6) is -1.05. The van der Waals surface area contributed by atoms with E-state index in [0.29, 0.717) is 5.69 Å². The van der Waals surface area contributed by atoms with Crippen LogP contribution in [0.5, 0.6) is 0 Å². The monoisotopic (exact) mass is 365 g/mol. The Kier molecular flexibility index (Phi) is 4.17. The van der Waals surface area contributed by atoms with Crippen LogP contribution in [0.4, 0.5) is 10.1 Å². The zero-order valence-electron chi connectivity index (χ0n) is 13.3. The maximum absolute atomic E-state index is 13.1. The molecule has 1 aromatic carbocycles. The number of imidazole rings is 1. The molecule has 0 unspecified atom stereocenters. The van der Waals surface area contributed by atoms with Gasteiger partial charge in [-0.15, -0.1) is 0 Å². The Balaban J connectivity index is 1.93. The topological polar surface area (TPSA) is 90.9 Å². The molecule has 0 atom stereocenters. The van der Waals surface area contributed by atoms with E-state index in [4.69, 9.17) is 11.6 Å². The molecule has 3 aromatic rings. The third kappa shape index (κ3) is 2.93. The molecule has 0 bridgehead atoms. The maximum atomic E-state index is 13.1. The molecule has 0 radical (unpaired) electrons. The zero-order chi connectivity index (χ0) is 18.3. The Morgan fingerprint density at radius 3 is 2.68 bits per heavy atom. The van der Waals surface area contributed by atoms with Crippen LogP contribution in [0.3, 0.4) is 0 Å². The number of carbonyl (C=O) groups is 1. The first-order valence-electron chi connectivity index (χ1n) is 7.15. The molecule has 0 spiro atoms. The molecule has 1 amide bonds. The third-order valence-corrected chi connectivity index (χ3v) is 4.02. The number of carbonyl (C=O) groups excluding carboxylic acids is 1. The minimum Gasteiger partial charge on any atom is -0.324 e. The van der Waals surface area contributed by atoms with E-state index in [1.807, 2.05) is 0 Å². The highest BCUT2D eigenvalue weighted by atomic mass is 35.5. The van der Waals surface area contributed by atoms with Crippen molar-refractivity contribution in [3.05, 3.63) is 56.2 Å². The smallest absolute Gasteiger partial charge is 0.324 e. The van der Waals surface area contributed by atoms with Gasteiger partial charge in [0.25, 0.3) is 5.56 Å². The summed E-state index contributed by atoms with van der Waals surface area (Å²) in [6.45, 7) is -0.209. The fourth-order valence-corrected chi connectivity index (χ4v) is 2.63. The lowest BCUT2D eigenvalue weighted by Gasteiger charge is -2.08. The predicted octanol–water partition coefficient (Wildman–Crippen LogP) is 0.865. The molecule has 0 saturated carbocycles. The molecule has 2 aromatic heterocycles. The molecule has 10 heteroatoms. The number of hydrogen-bond acceptors (Lipinski definition) is 4. The number of halogens is 2. The molecule has 3 rings (SSSR count). The molecule has 0 saturated heterocycles. The molecule has 0 aliphatic carbocycles. The highest BCUT2D eigenvalue weighted by molar-refractivity contribution is 6.31. The summed E-state index contributed by atoms with van der Waals surface area (Å²) in [7, 11) is 2.84. The summed E-state index contributed by atoms with van der Waals surface area (Å²) < 4.78 is 16.7. The van der Waals surface area contributed by atoms with Gasteiger partial charge in [-0.3, -0.25) is 18.7 Å². The molecule has 25 heavy (non-hydrogen) atoms. The first kappa shape index (κ1) is 16.9. The minimum absolute atomic E-state index is 0.116. The third-order valence-electron chi connectivity index (χ3n) is 3.73. The molecular formula is C15H13ClFN5O3. The van der Waals surface area contributed by atoms with Crippen molar-refractivity contribution in [2.24, 2.45) is 14.1 Å². The van der Waals surface area contributed by atoms with Crippen LogP contribution < -0.4 is 16.6 Å². The number of benzene rings is 1. The van der Waals surface area contributed by atoms with Gasteiger partial charge in [-0.1, -0.05) is 11.6 Å². The predicted molar refractivity (Wildman–Crippen MR) is 90.3 cm³/mol. The van der Waals surface area contributed by atoms with Crippen molar-refractivity contribution >= 4 is 34.4 Å². The number of anilines is 1. The van der Waals surface area contributed by atoms with E-state index >= 15 is 0 Å². The largest absolute Gasteiger partial charge is 0.332 e. The lowest BCUT2D eigenvalue weighted by Crippen LogP contribution is -2.37. The van der Waals surface area contributed by atoms with Gasteiger partial charge in [-0.05, 0) is 18.2 Å². The van der Waals surface area contributed by atoms with Crippen molar-refractivity contribution < 1.29 is 9.18 Å². The lowest BCUT2D eigenvalue weighted by molar-refractivity contribution is -0.116. The Hall–Kier alpha value is -2.94. The van der Waals surface area contributed by atoms with E-state index in [9.17, 15) is 18.8 Å². The second-order valence-corrected chi connectivity index (χ2v) is 5.83. The normalized spacial score (nSPS) is 11.0. The first-order chi connectivity index (χ1) is 11.8. The van der Waals surface area contributed by atoms with E-state index in [-0.39, 0.29) is 22.7 Å². The van der Waals surface area contributed by atoms with Crippen LogP contribution in [0.15, 0.2) is 34.1 Å². The number of amides is 1. The molecule has 0 fully saturated rings. The SMILES string of the molecule is Cn1c(=O)c2c(ncn2CC(=O)Nc2ccc(F)c(Cl)c2)n(C)c1=O. The van der Waals surface area contributed by atoms with Crippen molar-refractivity contribution in [3.63, 3.8) is 0 Å². The number of nitrogens with zero attached hydrogens (tertiary/aromatic N) is 4. The van der Waals surface area contributed by atoms with Crippen LogP contribution >= 0.6 is 11.6 Å². The summed E-state index contributed by atoms with van der Waals surface area (Å²) in [6, 6.07) is 3.79. The van der Waals surface area contributed by atoms with Gasteiger partial charge in [0.15, 0.2) is 11.2 Å². The molecular weight excluding hydrogens is 353 g/mol. The lowest BCUT2D eigenvalue weighted by atomic mass is 10.3. The van der Waals surface area contributed by atoms with E-state index < -0.39 is 23.0 Å². The van der Waals surface area contributed by atoms with E-state index in [0.717, 1.165) is 10.6 Å². The molecule has 1 N–H and O–H groups in total. The van der Waals surface area contributed by atoms with E-state index in [1.54, 1.807) is 0 Å². The van der Waals surface area contributed by atoms with Gasteiger partial charge in [-0.2, -0.15) is 0 Å². The number of fused-ring (bicyclic) bond motifs is 1. The molecule has 130 valence electrons. The Labute approximate surface area is 145 Å². The fraction of sp³-hybridized carbons (Fsp3) is 0.200. The van der Waals surface area contributed by atoms with Gasteiger partial charge < -0.3 is 9.88 Å². The summed E-state index contributed by atoms with van der Waals surface area (Å²) in [5, 5.41) is 2.44. The van der Waals surface area contributed by atoms with Crippen molar-refractivity contribution in [2.75, 3.05) is 5.32 Å².